The summed E-state index contributed by atoms with van der Waals surface area (Å²) >= 11 is 0. The molecule has 4 nitrogen and oxygen atoms in total. The first-order valence-corrected chi connectivity index (χ1v) is 6.37. The number of carbonyl (C=O) groups is 2. The van der Waals surface area contributed by atoms with Crippen molar-refractivity contribution in [2.24, 2.45) is 0 Å². The van der Waals surface area contributed by atoms with Crippen LogP contribution in [0.5, 0.6) is 0 Å². The van der Waals surface area contributed by atoms with Gasteiger partial charge < -0.3 is 10.4 Å². The van der Waals surface area contributed by atoms with E-state index in [1.807, 2.05) is 0 Å². The van der Waals surface area contributed by atoms with E-state index < -0.39 is 6.10 Å². The van der Waals surface area contributed by atoms with Gasteiger partial charge >= 0.3 is 0 Å². The molecule has 0 aromatic heterocycles. The minimum Gasteiger partial charge on any atom is -0.387 e. The van der Waals surface area contributed by atoms with Crippen molar-refractivity contribution in [1.82, 2.24) is 5.32 Å². The van der Waals surface area contributed by atoms with Gasteiger partial charge in [0.25, 0.3) is 5.91 Å². The van der Waals surface area contributed by atoms with Gasteiger partial charge in [-0.15, -0.1) is 0 Å². The van der Waals surface area contributed by atoms with E-state index in [1.54, 1.807) is 0 Å². The topological polar surface area (TPSA) is 66.4 Å². The largest absolute Gasteiger partial charge is 0.387 e. The van der Waals surface area contributed by atoms with Crippen LogP contribution < -0.4 is 5.32 Å². The van der Waals surface area contributed by atoms with Crippen molar-refractivity contribution >= 4 is 12.2 Å². The summed E-state index contributed by atoms with van der Waals surface area (Å²) in [6, 6.07) is 11.6. The molecule has 0 heterocycles. The molecule has 108 valence electrons. The third-order valence-electron chi connectivity index (χ3n) is 3.02. The number of carbonyl (C=O) groups excluding carboxylic acids is 2. The predicted molar refractivity (Wildman–Crippen MR) is 75.5 cm³/mol. The zero-order valence-corrected chi connectivity index (χ0v) is 11.1. The van der Waals surface area contributed by atoms with E-state index in [0.29, 0.717) is 23.0 Å². The number of rotatable bonds is 5. The van der Waals surface area contributed by atoms with Gasteiger partial charge in [0.05, 0.1) is 6.10 Å². The fraction of sp³-hybridized carbons (Fsp3) is 0.125. The highest BCUT2D eigenvalue weighted by atomic mass is 19.1. The van der Waals surface area contributed by atoms with E-state index in [4.69, 9.17) is 0 Å². The van der Waals surface area contributed by atoms with Gasteiger partial charge in [-0.2, -0.15) is 0 Å². The second kappa shape index (κ2) is 6.76. The summed E-state index contributed by atoms with van der Waals surface area (Å²) in [5.41, 5.74) is 1.40. The number of aliphatic hydroxyl groups is 1. The molecule has 2 rings (SSSR count). The summed E-state index contributed by atoms with van der Waals surface area (Å²) in [7, 11) is 0. The highest BCUT2D eigenvalue weighted by Crippen LogP contribution is 2.12. The molecule has 1 atom stereocenters. The van der Waals surface area contributed by atoms with Gasteiger partial charge in [0.2, 0.25) is 0 Å². The molecule has 0 bridgehead atoms. The van der Waals surface area contributed by atoms with Crippen molar-refractivity contribution in [3.8, 4) is 0 Å². The number of amides is 1. The first-order valence-electron chi connectivity index (χ1n) is 6.37. The first kappa shape index (κ1) is 14.9. The van der Waals surface area contributed by atoms with Gasteiger partial charge in [-0.25, -0.2) is 4.39 Å². The maximum Gasteiger partial charge on any atom is 0.251 e. The molecule has 0 spiro atoms. The molecule has 0 saturated heterocycles. The SMILES string of the molecule is O=Cc1ccc(C(=O)NCC(O)c2ccc(F)cc2)cc1. The molecular weight excluding hydrogens is 273 g/mol. The van der Waals surface area contributed by atoms with Gasteiger partial charge in [-0.05, 0) is 29.8 Å². The van der Waals surface area contributed by atoms with Crippen LogP contribution in [0.2, 0.25) is 0 Å². The quantitative estimate of drug-likeness (QED) is 0.828. The highest BCUT2D eigenvalue weighted by molar-refractivity contribution is 5.94. The maximum atomic E-state index is 12.8. The molecule has 0 aliphatic heterocycles. The minimum absolute atomic E-state index is 0.0138. The molecule has 1 unspecified atom stereocenters. The lowest BCUT2D eigenvalue weighted by atomic mass is 10.1. The van der Waals surface area contributed by atoms with Crippen molar-refractivity contribution in [2.75, 3.05) is 6.54 Å². The molecule has 1 amide bonds. The standard InChI is InChI=1S/C16H14FNO3/c17-14-7-5-12(6-8-14)15(20)9-18-16(21)13-3-1-11(10-19)2-4-13/h1-8,10,15,20H,9H2,(H,18,21). The second-order valence-corrected chi connectivity index (χ2v) is 4.52. The Labute approximate surface area is 121 Å². The number of hydrogen-bond donors (Lipinski definition) is 2. The molecule has 2 aromatic carbocycles. The average molecular weight is 287 g/mol. The zero-order valence-electron chi connectivity index (χ0n) is 11.1. The van der Waals surface area contributed by atoms with Crippen LogP contribution in [0.15, 0.2) is 48.5 Å². The predicted octanol–water partition coefficient (Wildman–Crippen LogP) is 2.10. The van der Waals surface area contributed by atoms with Crippen LogP contribution in [-0.4, -0.2) is 23.8 Å². The zero-order chi connectivity index (χ0) is 15.2. The summed E-state index contributed by atoms with van der Waals surface area (Å²) in [5.74, 6) is -0.737. The molecule has 21 heavy (non-hydrogen) atoms. The number of hydrogen-bond acceptors (Lipinski definition) is 3. The van der Waals surface area contributed by atoms with Crippen LogP contribution in [0.4, 0.5) is 4.39 Å². The number of benzene rings is 2. The molecule has 0 aliphatic rings. The summed E-state index contributed by atoms with van der Waals surface area (Å²) in [4.78, 5) is 22.4. The number of aldehydes is 1. The fourth-order valence-corrected chi connectivity index (χ4v) is 1.81. The summed E-state index contributed by atoms with van der Waals surface area (Å²) in [5, 5.41) is 12.5. The Kier molecular flexibility index (Phi) is 4.79. The highest BCUT2D eigenvalue weighted by Gasteiger charge is 2.11. The van der Waals surface area contributed by atoms with Crippen LogP contribution in [-0.2, 0) is 0 Å². The van der Waals surface area contributed by atoms with E-state index >= 15 is 0 Å². The molecule has 0 radical (unpaired) electrons. The van der Waals surface area contributed by atoms with Gasteiger partial charge in [0.1, 0.15) is 12.1 Å². The van der Waals surface area contributed by atoms with Gasteiger partial charge in [-0.3, -0.25) is 9.59 Å². The molecule has 0 fully saturated rings. The van der Waals surface area contributed by atoms with Crippen molar-refractivity contribution in [3.05, 3.63) is 71.0 Å². The third-order valence-corrected chi connectivity index (χ3v) is 3.02. The Balaban J connectivity index is 1.93. The number of aliphatic hydroxyl groups excluding tert-OH is 1. The molecule has 0 aliphatic carbocycles. The maximum absolute atomic E-state index is 12.8. The van der Waals surface area contributed by atoms with Crippen molar-refractivity contribution in [3.63, 3.8) is 0 Å². The lowest BCUT2D eigenvalue weighted by molar-refractivity contribution is 0.0916. The van der Waals surface area contributed by atoms with Crippen molar-refractivity contribution < 1.29 is 19.1 Å². The van der Waals surface area contributed by atoms with Crippen molar-refractivity contribution in [1.29, 1.82) is 0 Å². The van der Waals surface area contributed by atoms with E-state index in [-0.39, 0.29) is 18.3 Å². The van der Waals surface area contributed by atoms with Crippen LogP contribution in [0.1, 0.15) is 32.4 Å². The van der Waals surface area contributed by atoms with Crippen LogP contribution in [0, 0.1) is 5.82 Å². The van der Waals surface area contributed by atoms with Crippen molar-refractivity contribution in [2.45, 2.75) is 6.10 Å². The molecular formula is C16H14FNO3. The molecule has 2 aromatic rings. The normalized spacial score (nSPS) is 11.7. The van der Waals surface area contributed by atoms with E-state index in [1.165, 1.54) is 48.5 Å². The van der Waals surface area contributed by atoms with Gasteiger partial charge in [-0.1, -0.05) is 24.3 Å². The van der Waals surface area contributed by atoms with E-state index in [2.05, 4.69) is 5.32 Å². The van der Waals surface area contributed by atoms with Crippen LogP contribution >= 0.6 is 0 Å². The first-order chi connectivity index (χ1) is 10.1. The number of nitrogens with one attached hydrogen (secondary N) is 1. The summed E-state index contributed by atoms with van der Waals surface area (Å²) in [6.45, 7) is 0.0138. The molecule has 2 N–H and O–H groups in total. The molecule has 0 saturated carbocycles. The third kappa shape index (κ3) is 3.97. The summed E-state index contributed by atoms with van der Waals surface area (Å²) < 4.78 is 12.8. The lowest BCUT2D eigenvalue weighted by Gasteiger charge is -2.12. The second-order valence-electron chi connectivity index (χ2n) is 4.52. The smallest absolute Gasteiger partial charge is 0.251 e. The Bertz CT molecular complexity index is 623. The van der Waals surface area contributed by atoms with Gasteiger partial charge in [0, 0.05) is 17.7 Å². The fourth-order valence-electron chi connectivity index (χ4n) is 1.81. The monoisotopic (exact) mass is 287 g/mol. The summed E-state index contributed by atoms with van der Waals surface area (Å²) in [6.07, 6.45) is -0.219. The Hall–Kier alpha value is -2.53. The number of halogens is 1. The van der Waals surface area contributed by atoms with Gasteiger partial charge in [0.15, 0.2) is 0 Å². The lowest BCUT2D eigenvalue weighted by Crippen LogP contribution is -2.28. The Morgan fingerprint density at radius 3 is 2.33 bits per heavy atom. The van der Waals surface area contributed by atoms with E-state index in [9.17, 15) is 19.1 Å². The Morgan fingerprint density at radius 1 is 1.14 bits per heavy atom. The average Bonchev–Trinajstić information content (AvgIpc) is 2.53. The van der Waals surface area contributed by atoms with Crippen LogP contribution in [0.25, 0.3) is 0 Å². The Morgan fingerprint density at radius 2 is 1.76 bits per heavy atom. The molecule has 5 heteroatoms. The van der Waals surface area contributed by atoms with E-state index in [0.717, 1.165) is 0 Å². The van der Waals surface area contributed by atoms with Crippen LogP contribution in [0.3, 0.4) is 0 Å². The minimum atomic E-state index is -0.913.